The molecule has 3 heterocycles. The van der Waals surface area contributed by atoms with Crippen molar-refractivity contribution in [3.8, 4) is 11.3 Å². The van der Waals surface area contributed by atoms with Crippen molar-refractivity contribution in [2.45, 2.75) is 12.8 Å². The number of nitrogens with one attached hydrogen (secondary N) is 1. The Morgan fingerprint density at radius 3 is 2.79 bits per heavy atom. The van der Waals surface area contributed by atoms with Gasteiger partial charge in [-0.05, 0) is 24.5 Å². The van der Waals surface area contributed by atoms with Crippen molar-refractivity contribution in [3.05, 3.63) is 72.6 Å². The summed E-state index contributed by atoms with van der Waals surface area (Å²) in [5, 5.41) is 7.48. The Morgan fingerprint density at radius 1 is 1.07 bits per heavy atom. The van der Waals surface area contributed by atoms with Crippen molar-refractivity contribution in [3.63, 3.8) is 0 Å². The van der Waals surface area contributed by atoms with E-state index in [1.807, 2.05) is 59.5 Å². The summed E-state index contributed by atoms with van der Waals surface area (Å²) in [6.45, 7) is 0.906. The van der Waals surface area contributed by atoms with Gasteiger partial charge in [-0.15, -0.1) is 0 Å². The lowest BCUT2D eigenvalue weighted by atomic mass is 10.0. The Hall–Kier alpha value is -3.74. The van der Waals surface area contributed by atoms with Crippen molar-refractivity contribution < 1.29 is 4.79 Å². The molecular weight excluding hydrogens is 364 g/mol. The van der Waals surface area contributed by atoms with E-state index in [0.29, 0.717) is 11.6 Å². The van der Waals surface area contributed by atoms with Gasteiger partial charge in [0.15, 0.2) is 0 Å². The van der Waals surface area contributed by atoms with Crippen LogP contribution < -0.4 is 10.2 Å². The molecule has 7 nitrogen and oxygen atoms in total. The monoisotopic (exact) mass is 384 g/mol. The number of para-hydroxylation sites is 1. The molecule has 0 fully saturated rings. The third-order valence-electron chi connectivity index (χ3n) is 5.15. The molecule has 1 amide bonds. The fraction of sp³-hybridized carbons (Fsp3) is 0.182. The molecule has 0 saturated heterocycles. The molecule has 2 aromatic heterocycles. The maximum atomic E-state index is 13.0. The maximum absolute atomic E-state index is 13.0. The molecule has 0 unspecified atom stereocenters. The average Bonchev–Trinajstić information content (AvgIpc) is 3.26. The van der Waals surface area contributed by atoms with Gasteiger partial charge in [-0.3, -0.25) is 4.79 Å². The Bertz CT molecular complexity index is 1170. The predicted octanol–water partition coefficient (Wildman–Crippen LogP) is 3.18. The first-order chi connectivity index (χ1) is 14.3. The number of amides is 1. The second-order valence-corrected chi connectivity index (χ2v) is 7.00. The lowest BCUT2D eigenvalue weighted by Gasteiger charge is -2.29. The van der Waals surface area contributed by atoms with Gasteiger partial charge in [0.2, 0.25) is 5.91 Å². The molecule has 0 bridgehead atoms. The highest BCUT2D eigenvalue weighted by atomic mass is 16.2. The van der Waals surface area contributed by atoms with Crippen LogP contribution in [0.3, 0.4) is 0 Å². The van der Waals surface area contributed by atoms with E-state index >= 15 is 0 Å². The van der Waals surface area contributed by atoms with E-state index in [-0.39, 0.29) is 12.5 Å². The van der Waals surface area contributed by atoms with E-state index < -0.39 is 0 Å². The van der Waals surface area contributed by atoms with Crippen molar-refractivity contribution in [2.75, 3.05) is 23.3 Å². The summed E-state index contributed by atoms with van der Waals surface area (Å²) in [5.74, 6) is 1.21. The van der Waals surface area contributed by atoms with Gasteiger partial charge < -0.3 is 10.2 Å². The molecule has 144 valence electrons. The largest absolute Gasteiger partial charge is 0.361 e. The van der Waals surface area contributed by atoms with Crippen LogP contribution in [0.25, 0.3) is 17.0 Å². The Labute approximate surface area is 168 Å². The Morgan fingerprint density at radius 2 is 1.90 bits per heavy atom. The highest BCUT2D eigenvalue weighted by molar-refractivity contribution is 5.97. The number of fused-ring (bicyclic) bond motifs is 2. The fourth-order valence-corrected chi connectivity index (χ4v) is 3.75. The normalized spacial score (nSPS) is 13.3. The van der Waals surface area contributed by atoms with Crippen molar-refractivity contribution in [1.82, 2.24) is 19.6 Å². The number of aryl methyl sites for hydroxylation is 1. The molecule has 0 aliphatic carbocycles. The third kappa shape index (κ3) is 3.31. The standard InChI is InChI=1S/C22H20N6O/c29-21(27-12-6-10-17-9-4-5-11-19(17)27)14-23-20-13-18(16-7-2-1-3-8-16)26-22-24-15-25-28(20)22/h1-5,7-9,11,13,15,23H,6,10,12,14H2. The topological polar surface area (TPSA) is 75.4 Å². The van der Waals surface area contributed by atoms with Gasteiger partial charge in [-0.25, -0.2) is 4.98 Å². The quantitative estimate of drug-likeness (QED) is 0.585. The summed E-state index contributed by atoms with van der Waals surface area (Å²) in [5.41, 5.74) is 4.00. The van der Waals surface area contributed by atoms with Crippen LogP contribution in [0, 0.1) is 0 Å². The lowest BCUT2D eigenvalue weighted by Crippen LogP contribution is -2.39. The van der Waals surface area contributed by atoms with E-state index in [1.54, 1.807) is 4.52 Å². The SMILES string of the molecule is O=C(CNc1cc(-c2ccccc2)nc2ncnn12)N1CCCc2ccccc21. The molecule has 0 radical (unpaired) electrons. The first kappa shape index (κ1) is 17.4. The average molecular weight is 384 g/mol. The van der Waals surface area contributed by atoms with Gasteiger partial charge in [0.05, 0.1) is 12.2 Å². The number of carbonyl (C=O) groups is 1. The minimum absolute atomic E-state index is 0.0310. The number of aromatic nitrogens is 4. The summed E-state index contributed by atoms with van der Waals surface area (Å²) >= 11 is 0. The first-order valence-corrected chi connectivity index (χ1v) is 9.68. The minimum atomic E-state index is 0.0310. The van der Waals surface area contributed by atoms with Crippen molar-refractivity contribution in [1.29, 1.82) is 0 Å². The summed E-state index contributed by atoms with van der Waals surface area (Å²) in [6, 6.07) is 19.9. The van der Waals surface area contributed by atoms with E-state index in [0.717, 1.165) is 36.3 Å². The van der Waals surface area contributed by atoms with Gasteiger partial charge >= 0.3 is 0 Å². The van der Waals surface area contributed by atoms with Crippen LogP contribution in [-0.2, 0) is 11.2 Å². The highest BCUT2D eigenvalue weighted by Gasteiger charge is 2.22. The van der Waals surface area contributed by atoms with Gasteiger partial charge in [-0.1, -0.05) is 48.5 Å². The second-order valence-electron chi connectivity index (χ2n) is 7.00. The molecular formula is C22H20N6O. The summed E-state index contributed by atoms with van der Waals surface area (Å²) in [6.07, 6.45) is 3.45. The number of benzene rings is 2. The van der Waals surface area contributed by atoms with Crippen molar-refractivity contribution in [2.24, 2.45) is 0 Å². The zero-order valence-electron chi connectivity index (χ0n) is 15.8. The highest BCUT2D eigenvalue weighted by Crippen LogP contribution is 2.27. The molecule has 1 aliphatic rings. The smallest absolute Gasteiger partial charge is 0.254 e. The maximum Gasteiger partial charge on any atom is 0.254 e. The zero-order chi connectivity index (χ0) is 19.6. The molecule has 0 saturated carbocycles. The molecule has 0 spiro atoms. The lowest BCUT2D eigenvalue weighted by molar-refractivity contribution is -0.117. The number of hydrogen-bond acceptors (Lipinski definition) is 5. The van der Waals surface area contributed by atoms with Crippen LogP contribution in [-0.4, -0.2) is 38.6 Å². The molecule has 4 aromatic rings. The molecule has 1 N–H and O–H groups in total. The molecule has 7 heteroatoms. The predicted molar refractivity (Wildman–Crippen MR) is 112 cm³/mol. The molecule has 29 heavy (non-hydrogen) atoms. The summed E-state index contributed by atoms with van der Waals surface area (Å²) in [4.78, 5) is 23.6. The third-order valence-corrected chi connectivity index (χ3v) is 5.15. The molecule has 5 rings (SSSR count). The van der Waals surface area contributed by atoms with E-state index in [1.165, 1.54) is 11.9 Å². The van der Waals surface area contributed by atoms with Crippen LogP contribution >= 0.6 is 0 Å². The van der Waals surface area contributed by atoms with Crippen LogP contribution in [0.2, 0.25) is 0 Å². The first-order valence-electron chi connectivity index (χ1n) is 9.68. The number of carbonyl (C=O) groups excluding carboxylic acids is 1. The van der Waals surface area contributed by atoms with E-state index in [9.17, 15) is 4.79 Å². The van der Waals surface area contributed by atoms with Gasteiger partial charge in [-0.2, -0.15) is 14.6 Å². The van der Waals surface area contributed by atoms with Crippen LogP contribution in [0.5, 0.6) is 0 Å². The minimum Gasteiger partial charge on any atom is -0.361 e. The summed E-state index contributed by atoms with van der Waals surface area (Å²) in [7, 11) is 0. The van der Waals surface area contributed by atoms with Crippen LogP contribution in [0.1, 0.15) is 12.0 Å². The number of anilines is 2. The van der Waals surface area contributed by atoms with Crippen LogP contribution in [0.15, 0.2) is 67.0 Å². The Kier molecular flexibility index (Phi) is 4.40. The number of nitrogens with zero attached hydrogens (tertiary/aromatic N) is 5. The second kappa shape index (κ2) is 7.35. The molecule has 2 aromatic carbocycles. The number of hydrogen-bond donors (Lipinski definition) is 1. The van der Waals surface area contributed by atoms with E-state index in [4.69, 9.17) is 0 Å². The zero-order valence-corrected chi connectivity index (χ0v) is 15.8. The Balaban J connectivity index is 1.41. The summed E-state index contributed by atoms with van der Waals surface area (Å²) < 4.78 is 1.61. The van der Waals surface area contributed by atoms with Gasteiger partial charge in [0.25, 0.3) is 5.78 Å². The van der Waals surface area contributed by atoms with Crippen molar-refractivity contribution >= 4 is 23.2 Å². The van der Waals surface area contributed by atoms with Gasteiger partial charge in [0.1, 0.15) is 12.1 Å². The molecule has 1 aliphatic heterocycles. The van der Waals surface area contributed by atoms with Crippen LogP contribution in [0.4, 0.5) is 11.5 Å². The molecule has 0 atom stereocenters. The van der Waals surface area contributed by atoms with Gasteiger partial charge in [0, 0.05) is 23.9 Å². The fourth-order valence-electron chi connectivity index (χ4n) is 3.75. The number of rotatable bonds is 4. The van der Waals surface area contributed by atoms with E-state index in [2.05, 4.69) is 26.4 Å².